The highest BCUT2D eigenvalue weighted by atomic mass is 16.2. The summed E-state index contributed by atoms with van der Waals surface area (Å²) in [7, 11) is 0. The Morgan fingerprint density at radius 3 is 2.74 bits per heavy atom. The molecule has 1 N–H and O–H groups in total. The molecule has 0 saturated carbocycles. The normalized spacial score (nSPS) is 12.2. The van der Waals surface area contributed by atoms with Crippen LogP contribution in [-0.4, -0.2) is 34.9 Å². The first kappa shape index (κ1) is 15.6. The molecule has 4 nitrogen and oxygen atoms in total. The second-order valence-electron chi connectivity index (χ2n) is 4.87. The first-order chi connectivity index (χ1) is 9.06. The number of carbonyl (C=O) groups is 1. The largest absolute Gasteiger partial charge is 0.336 e. The van der Waals surface area contributed by atoms with Gasteiger partial charge in [-0.3, -0.25) is 9.78 Å². The van der Waals surface area contributed by atoms with Gasteiger partial charge < -0.3 is 10.2 Å². The zero-order chi connectivity index (χ0) is 14.3. The molecule has 0 bridgehead atoms. The third-order valence-electron chi connectivity index (χ3n) is 3.25. The molecule has 1 heterocycles. The predicted octanol–water partition coefficient (Wildman–Crippen LogP) is 2.13. The second-order valence-corrected chi connectivity index (χ2v) is 4.87. The van der Waals surface area contributed by atoms with Crippen LogP contribution in [0.2, 0.25) is 0 Å². The van der Waals surface area contributed by atoms with E-state index in [1.807, 2.05) is 36.9 Å². The van der Waals surface area contributed by atoms with Crippen molar-refractivity contribution in [2.24, 2.45) is 0 Å². The lowest BCUT2D eigenvalue weighted by atomic mass is 10.2. The molecule has 0 fully saturated rings. The highest BCUT2D eigenvalue weighted by Gasteiger charge is 2.13. The van der Waals surface area contributed by atoms with Crippen LogP contribution in [0.3, 0.4) is 0 Å². The first-order valence-corrected chi connectivity index (χ1v) is 7.00. The molecule has 1 aromatic heterocycles. The molecule has 0 aliphatic heterocycles. The van der Waals surface area contributed by atoms with E-state index in [4.69, 9.17) is 0 Å². The van der Waals surface area contributed by atoms with Crippen LogP contribution in [0, 0.1) is 6.92 Å². The molecule has 0 aliphatic rings. The van der Waals surface area contributed by atoms with Crippen LogP contribution >= 0.6 is 0 Å². The summed E-state index contributed by atoms with van der Waals surface area (Å²) in [6, 6.07) is 6.28. The fourth-order valence-corrected chi connectivity index (χ4v) is 1.78. The lowest BCUT2D eigenvalue weighted by Crippen LogP contribution is -2.40. The molecule has 4 heteroatoms. The number of aryl methyl sites for hydroxylation is 1. The molecule has 0 saturated heterocycles. The van der Waals surface area contributed by atoms with Crippen LogP contribution in [0.5, 0.6) is 0 Å². The van der Waals surface area contributed by atoms with E-state index in [2.05, 4.69) is 24.1 Å². The number of hydrogen-bond acceptors (Lipinski definition) is 3. The summed E-state index contributed by atoms with van der Waals surface area (Å²) in [6.45, 7) is 9.84. The molecule has 1 rings (SSSR count). The minimum atomic E-state index is 0.131. The first-order valence-electron chi connectivity index (χ1n) is 7.00. The minimum Gasteiger partial charge on any atom is -0.336 e. The fraction of sp³-hybridized carbons (Fsp3) is 0.600. The van der Waals surface area contributed by atoms with Crippen molar-refractivity contribution in [3.63, 3.8) is 0 Å². The number of nitrogens with zero attached hydrogens (tertiary/aromatic N) is 2. The van der Waals surface area contributed by atoms with Crippen LogP contribution in [0.25, 0.3) is 0 Å². The Kier molecular flexibility index (Phi) is 6.50. The van der Waals surface area contributed by atoms with Gasteiger partial charge in [0.2, 0.25) is 5.91 Å². The Hall–Kier alpha value is -1.42. The van der Waals surface area contributed by atoms with E-state index >= 15 is 0 Å². The van der Waals surface area contributed by atoms with E-state index in [9.17, 15) is 4.79 Å². The molecule has 1 unspecified atom stereocenters. The molecule has 19 heavy (non-hydrogen) atoms. The number of nitrogens with one attached hydrogen (secondary N) is 1. The molecule has 0 spiro atoms. The van der Waals surface area contributed by atoms with E-state index in [0.29, 0.717) is 25.7 Å². The van der Waals surface area contributed by atoms with E-state index in [1.54, 1.807) is 0 Å². The highest BCUT2D eigenvalue weighted by Crippen LogP contribution is 2.03. The summed E-state index contributed by atoms with van der Waals surface area (Å²) in [4.78, 5) is 18.4. The van der Waals surface area contributed by atoms with Gasteiger partial charge in [-0.25, -0.2) is 0 Å². The number of aromatic nitrogens is 1. The van der Waals surface area contributed by atoms with Crippen molar-refractivity contribution in [1.29, 1.82) is 0 Å². The maximum absolute atomic E-state index is 12.1. The quantitative estimate of drug-likeness (QED) is 0.819. The standard InChI is InChI=1S/C15H25N3O/c1-5-12(3)16-10-15(19)18(6-2)11-14-9-7-8-13(4)17-14/h7-9,12,16H,5-6,10-11H2,1-4H3. The van der Waals surface area contributed by atoms with Crippen LogP contribution in [0.15, 0.2) is 18.2 Å². The van der Waals surface area contributed by atoms with Gasteiger partial charge in [-0.05, 0) is 39.3 Å². The molecule has 1 aromatic rings. The molecular weight excluding hydrogens is 238 g/mol. The van der Waals surface area contributed by atoms with Crippen molar-refractivity contribution in [3.8, 4) is 0 Å². The Bertz CT molecular complexity index is 406. The maximum atomic E-state index is 12.1. The van der Waals surface area contributed by atoms with Crippen molar-refractivity contribution >= 4 is 5.91 Å². The maximum Gasteiger partial charge on any atom is 0.236 e. The summed E-state index contributed by atoms with van der Waals surface area (Å²) in [5.41, 5.74) is 1.93. The van der Waals surface area contributed by atoms with Crippen LogP contribution < -0.4 is 5.32 Å². The van der Waals surface area contributed by atoms with Gasteiger partial charge in [0.15, 0.2) is 0 Å². The third-order valence-corrected chi connectivity index (χ3v) is 3.25. The number of amides is 1. The summed E-state index contributed by atoms with van der Waals surface area (Å²) in [6.07, 6.45) is 1.03. The van der Waals surface area contributed by atoms with Crippen molar-refractivity contribution in [1.82, 2.24) is 15.2 Å². The fourth-order valence-electron chi connectivity index (χ4n) is 1.78. The number of carbonyl (C=O) groups excluding carboxylic acids is 1. The Morgan fingerprint density at radius 1 is 1.42 bits per heavy atom. The van der Waals surface area contributed by atoms with E-state index < -0.39 is 0 Å². The third kappa shape index (κ3) is 5.39. The number of pyridine rings is 1. The van der Waals surface area contributed by atoms with Gasteiger partial charge in [-0.1, -0.05) is 13.0 Å². The summed E-state index contributed by atoms with van der Waals surface area (Å²) in [5, 5.41) is 3.23. The predicted molar refractivity (Wildman–Crippen MR) is 77.8 cm³/mol. The lowest BCUT2D eigenvalue weighted by Gasteiger charge is -2.22. The van der Waals surface area contributed by atoms with Crippen molar-refractivity contribution in [3.05, 3.63) is 29.6 Å². The van der Waals surface area contributed by atoms with Gasteiger partial charge in [0.05, 0.1) is 18.8 Å². The number of likely N-dealkylation sites (N-methyl/N-ethyl adjacent to an activating group) is 1. The minimum absolute atomic E-state index is 0.131. The Balaban J connectivity index is 2.55. The molecule has 1 atom stereocenters. The van der Waals surface area contributed by atoms with Crippen molar-refractivity contribution in [2.45, 2.75) is 46.7 Å². The second kappa shape index (κ2) is 7.89. The average molecular weight is 263 g/mol. The van der Waals surface area contributed by atoms with Gasteiger partial charge >= 0.3 is 0 Å². The molecule has 0 radical (unpaired) electrons. The zero-order valence-corrected chi connectivity index (χ0v) is 12.4. The van der Waals surface area contributed by atoms with Gasteiger partial charge in [-0.15, -0.1) is 0 Å². The number of rotatable bonds is 7. The van der Waals surface area contributed by atoms with E-state index in [-0.39, 0.29) is 5.91 Å². The summed E-state index contributed by atoms with van der Waals surface area (Å²) in [5.74, 6) is 0.131. The highest BCUT2D eigenvalue weighted by molar-refractivity contribution is 5.78. The average Bonchev–Trinajstić information content (AvgIpc) is 2.41. The van der Waals surface area contributed by atoms with Gasteiger partial charge in [0.25, 0.3) is 0 Å². The zero-order valence-electron chi connectivity index (χ0n) is 12.4. The van der Waals surface area contributed by atoms with Gasteiger partial charge in [0, 0.05) is 18.3 Å². The van der Waals surface area contributed by atoms with Gasteiger partial charge in [0.1, 0.15) is 0 Å². The lowest BCUT2D eigenvalue weighted by molar-refractivity contribution is -0.130. The van der Waals surface area contributed by atoms with Crippen LogP contribution in [0.4, 0.5) is 0 Å². The molecule has 106 valence electrons. The smallest absolute Gasteiger partial charge is 0.236 e. The van der Waals surface area contributed by atoms with Gasteiger partial charge in [-0.2, -0.15) is 0 Å². The molecule has 0 aromatic carbocycles. The van der Waals surface area contributed by atoms with Crippen molar-refractivity contribution in [2.75, 3.05) is 13.1 Å². The van der Waals surface area contributed by atoms with E-state index in [0.717, 1.165) is 17.8 Å². The van der Waals surface area contributed by atoms with Crippen LogP contribution in [-0.2, 0) is 11.3 Å². The van der Waals surface area contributed by atoms with Crippen LogP contribution in [0.1, 0.15) is 38.6 Å². The van der Waals surface area contributed by atoms with Crippen molar-refractivity contribution < 1.29 is 4.79 Å². The Labute approximate surface area is 116 Å². The molecular formula is C15H25N3O. The topological polar surface area (TPSA) is 45.2 Å². The number of hydrogen-bond donors (Lipinski definition) is 1. The molecule has 1 amide bonds. The SMILES string of the molecule is CCC(C)NCC(=O)N(CC)Cc1cccc(C)n1. The molecule has 0 aliphatic carbocycles. The Morgan fingerprint density at radius 2 is 2.16 bits per heavy atom. The summed E-state index contributed by atoms with van der Waals surface area (Å²) >= 11 is 0. The van der Waals surface area contributed by atoms with E-state index in [1.165, 1.54) is 0 Å². The monoisotopic (exact) mass is 263 g/mol. The summed E-state index contributed by atoms with van der Waals surface area (Å²) < 4.78 is 0.